The number of thiophene rings is 1. The summed E-state index contributed by atoms with van der Waals surface area (Å²) in [5.74, 6) is 0. The van der Waals surface area contributed by atoms with E-state index >= 15 is 0 Å². The molecule has 2 rings (SSSR count). The van der Waals surface area contributed by atoms with Gasteiger partial charge in [0, 0.05) is 14.2 Å². The third kappa shape index (κ3) is 2.50. The summed E-state index contributed by atoms with van der Waals surface area (Å²) in [6.07, 6.45) is 1.07. The average molecular weight is 316 g/mol. The van der Waals surface area contributed by atoms with E-state index in [1.165, 1.54) is 9.75 Å². The summed E-state index contributed by atoms with van der Waals surface area (Å²) in [4.78, 5) is 2.60. The maximum Gasteiger partial charge on any atom is 0.0938 e. The molecule has 0 aliphatic heterocycles. The number of alkyl halides is 1. The Morgan fingerprint density at radius 3 is 2.62 bits per heavy atom. The van der Waals surface area contributed by atoms with Gasteiger partial charge in [0.1, 0.15) is 0 Å². The molecule has 0 bridgehead atoms. The SMILES string of the molecule is CCc1ccc(C(Cl)c2ccccc2Br)s1. The fourth-order valence-corrected chi connectivity index (χ4v) is 3.55. The minimum absolute atomic E-state index is 0.0547. The third-order valence-corrected chi connectivity index (χ3v) is 5.08. The van der Waals surface area contributed by atoms with Crippen molar-refractivity contribution in [3.05, 3.63) is 56.2 Å². The van der Waals surface area contributed by atoms with Crippen LogP contribution in [0.25, 0.3) is 0 Å². The van der Waals surface area contributed by atoms with Gasteiger partial charge in [0.05, 0.1) is 5.38 Å². The van der Waals surface area contributed by atoms with Crippen molar-refractivity contribution in [2.75, 3.05) is 0 Å². The Hall–Kier alpha value is -0.310. The molecule has 3 heteroatoms. The molecule has 84 valence electrons. The van der Waals surface area contributed by atoms with Gasteiger partial charge in [0.25, 0.3) is 0 Å². The van der Waals surface area contributed by atoms with Crippen molar-refractivity contribution in [3.8, 4) is 0 Å². The molecular weight excluding hydrogens is 304 g/mol. The Labute approximate surface area is 113 Å². The summed E-state index contributed by atoms with van der Waals surface area (Å²) in [7, 11) is 0. The lowest BCUT2D eigenvalue weighted by molar-refractivity contribution is 1.17. The molecule has 1 aromatic carbocycles. The zero-order valence-corrected chi connectivity index (χ0v) is 12.1. The average Bonchev–Trinajstić information content (AvgIpc) is 2.77. The lowest BCUT2D eigenvalue weighted by Crippen LogP contribution is -1.90. The summed E-state index contributed by atoms with van der Waals surface area (Å²) < 4.78 is 1.07. The van der Waals surface area contributed by atoms with Gasteiger partial charge in [0.15, 0.2) is 0 Å². The van der Waals surface area contributed by atoms with Gasteiger partial charge in [-0.2, -0.15) is 0 Å². The number of hydrogen-bond acceptors (Lipinski definition) is 1. The zero-order chi connectivity index (χ0) is 11.5. The Morgan fingerprint density at radius 2 is 2.00 bits per heavy atom. The number of aryl methyl sites for hydroxylation is 1. The van der Waals surface area contributed by atoms with Crippen LogP contribution in [0.3, 0.4) is 0 Å². The molecule has 1 heterocycles. The molecule has 0 aliphatic rings. The first-order valence-electron chi connectivity index (χ1n) is 5.19. The molecule has 0 saturated heterocycles. The summed E-state index contributed by atoms with van der Waals surface area (Å²) in [6.45, 7) is 2.16. The van der Waals surface area contributed by atoms with E-state index in [9.17, 15) is 0 Å². The normalized spacial score (nSPS) is 12.7. The zero-order valence-electron chi connectivity index (χ0n) is 8.91. The lowest BCUT2D eigenvalue weighted by Gasteiger charge is -2.09. The molecule has 1 unspecified atom stereocenters. The second-order valence-corrected chi connectivity index (χ2v) is 6.03. The van der Waals surface area contributed by atoms with Crippen LogP contribution in [0.15, 0.2) is 40.9 Å². The molecular formula is C13H12BrClS. The van der Waals surface area contributed by atoms with Crippen molar-refractivity contribution < 1.29 is 0 Å². The highest BCUT2D eigenvalue weighted by atomic mass is 79.9. The van der Waals surface area contributed by atoms with Crippen LogP contribution < -0.4 is 0 Å². The highest BCUT2D eigenvalue weighted by molar-refractivity contribution is 9.10. The molecule has 0 radical (unpaired) electrons. The second-order valence-electron chi connectivity index (χ2n) is 3.54. The smallest absolute Gasteiger partial charge is 0.0938 e. The predicted octanol–water partition coefficient (Wildman–Crippen LogP) is 5.40. The van der Waals surface area contributed by atoms with E-state index in [2.05, 4.69) is 41.1 Å². The number of benzene rings is 1. The van der Waals surface area contributed by atoms with Crippen molar-refractivity contribution in [1.82, 2.24) is 0 Å². The summed E-state index contributed by atoms with van der Waals surface area (Å²) in [5, 5.41) is -0.0547. The first kappa shape index (κ1) is 12.2. The van der Waals surface area contributed by atoms with Gasteiger partial charge in [-0.3, -0.25) is 0 Å². The van der Waals surface area contributed by atoms with Crippen molar-refractivity contribution in [3.63, 3.8) is 0 Å². The van der Waals surface area contributed by atoms with Crippen LogP contribution in [-0.2, 0) is 6.42 Å². The van der Waals surface area contributed by atoms with Gasteiger partial charge in [-0.15, -0.1) is 22.9 Å². The van der Waals surface area contributed by atoms with Gasteiger partial charge >= 0.3 is 0 Å². The summed E-state index contributed by atoms with van der Waals surface area (Å²) in [5.41, 5.74) is 1.13. The molecule has 0 nitrogen and oxygen atoms in total. The third-order valence-electron chi connectivity index (χ3n) is 2.46. The van der Waals surface area contributed by atoms with Crippen molar-refractivity contribution in [2.45, 2.75) is 18.7 Å². The molecule has 0 aliphatic carbocycles. The van der Waals surface area contributed by atoms with Crippen molar-refractivity contribution >= 4 is 38.9 Å². The molecule has 16 heavy (non-hydrogen) atoms. The first-order chi connectivity index (χ1) is 7.72. The van der Waals surface area contributed by atoms with Gasteiger partial charge in [-0.1, -0.05) is 41.1 Å². The molecule has 1 atom stereocenters. The minimum atomic E-state index is -0.0547. The molecule has 0 fully saturated rings. The number of hydrogen-bond donors (Lipinski definition) is 0. The predicted molar refractivity (Wildman–Crippen MR) is 75.5 cm³/mol. The largest absolute Gasteiger partial charge is 0.143 e. The maximum absolute atomic E-state index is 6.49. The molecule has 1 aromatic heterocycles. The summed E-state index contributed by atoms with van der Waals surface area (Å²) in [6, 6.07) is 12.4. The van der Waals surface area contributed by atoms with Crippen molar-refractivity contribution in [2.24, 2.45) is 0 Å². The molecule has 0 N–H and O–H groups in total. The van der Waals surface area contributed by atoms with Crippen LogP contribution >= 0.6 is 38.9 Å². The topological polar surface area (TPSA) is 0 Å². The van der Waals surface area contributed by atoms with E-state index in [0.29, 0.717) is 0 Å². The quantitative estimate of drug-likeness (QED) is 0.665. The highest BCUT2D eigenvalue weighted by Gasteiger charge is 2.15. The molecule has 0 spiro atoms. The Kier molecular flexibility index (Phi) is 4.06. The Balaban J connectivity index is 2.31. The van der Waals surface area contributed by atoms with E-state index in [0.717, 1.165) is 16.5 Å². The van der Waals surface area contributed by atoms with E-state index in [1.807, 2.05) is 18.2 Å². The van der Waals surface area contributed by atoms with E-state index in [4.69, 9.17) is 11.6 Å². The summed E-state index contributed by atoms with van der Waals surface area (Å²) >= 11 is 11.8. The number of rotatable bonds is 3. The first-order valence-corrected chi connectivity index (χ1v) is 7.24. The van der Waals surface area contributed by atoms with Crippen LogP contribution in [0.2, 0.25) is 0 Å². The fourth-order valence-electron chi connectivity index (χ4n) is 1.55. The van der Waals surface area contributed by atoms with Crippen molar-refractivity contribution in [1.29, 1.82) is 0 Å². The maximum atomic E-state index is 6.49. The highest BCUT2D eigenvalue weighted by Crippen LogP contribution is 2.37. The minimum Gasteiger partial charge on any atom is -0.143 e. The van der Waals surface area contributed by atoms with Crippen LogP contribution in [0.5, 0.6) is 0 Å². The second kappa shape index (κ2) is 5.35. The van der Waals surface area contributed by atoms with Gasteiger partial charge in [0.2, 0.25) is 0 Å². The molecule has 0 saturated carbocycles. The number of halogens is 2. The standard InChI is InChI=1S/C13H12BrClS/c1-2-9-7-8-12(16-9)13(15)10-5-3-4-6-11(10)14/h3-8,13H,2H2,1H3. The van der Waals surface area contributed by atoms with E-state index in [1.54, 1.807) is 11.3 Å². The van der Waals surface area contributed by atoms with Crippen LogP contribution in [0, 0.1) is 0 Å². The fraction of sp³-hybridized carbons (Fsp3) is 0.231. The van der Waals surface area contributed by atoms with Gasteiger partial charge in [-0.05, 0) is 30.2 Å². The van der Waals surface area contributed by atoms with Crippen LogP contribution in [0.4, 0.5) is 0 Å². The molecule has 2 aromatic rings. The van der Waals surface area contributed by atoms with E-state index in [-0.39, 0.29) is 5.38 Å². The van der Waals surface area contributed by atoms with Crippen LogP contribution in [0.1, 0.15) is 27.6 Å². The van der Waals surface area contributed by atoms with Gasteiger partial charge in [-0.25, -0.2) is 0 Å². The van der Waals surface area contributed by atoms with Gasteiger partial charge < -0.3 is 0 Å². The monoisotopic (exact) mass is 314 g/mol. The lowest BCUT2D eigenvalue weighted by atomic mass is 10.1. The molecule has 0 amide bonds. The van der Waals surface area contributed by atoms with E-state index < -0.39 is 0 Å². The Morgan fingerprint density at radius 1 is 1.25 bits per heavy atom. The van der Waals surface area contributed by atoms with Crippen LogP contribution in [-0.4, -0.2) is 0 Å². The Bertz CT molecular complexity index is 478.